The Bertz CT molecular complexity index is 738. The maximum atomic E-state index is 13.0. The molecule has 5 heteroatoms. The van der Waals surface area contributed by atoms with E-state index in [0.717, 1.165) is 16.9 Å². The second-order valence-electron chi connectivity index (χ2n) is 8.07. The summed E-state index contributed by atoms with van der Waals surface area (Å²) in [7, 11) is 0. The molecule has 0 saturated carbocycles. The van der Waals surface area contributed by atoms with Gasteiger partial charge in [0, 0.05) is 25.6 Å². The quantitative estimate of drug-likeness (QED) is 0.610. The molecule has 158 valence electrons. The SMILES string of the molecule is Cc1ccc(CN(CC(CN)CO)C(=O)Cc2ccc(OCC(C)C)cc2)cc1. The second kappa shape index (κ2) is 11.6. The largest absolute Gasteiger partial charge is 0.493 e. The second-order valence-corrected chi connectivity index (χ2v) is 8.07. The molecular weight excluding hydrogens is 364 g/mol. The smallest absolute Gasteiger partial charge is 0.227 e. The summed E-state index contributed by atoms with van der Waals surface area (Å²) in [5, 5.41) is 9.54. The van der Waals surface area contributed by atoms with Gasteiger partial charge in [-0.05, 0) is 42.6 Å². The van der Waals surface area contributed by atoms with E-state index in [2.05, 4.69) is 13.8 Å². The molecule has 1 atom stereocenters. The van der Waals surface area contributed by atoms with E-state index in [1.54, 1.807) is 4.90 Å². The first-order valence-corrected chi connectivity index (χ1v) is 10.3. The highest BCUT2D eigenvalue weighted by Gasteiger charge is 2.19. The van der Waals surface area contributed by atoms with Gasteiger partial charge in [-0.2, -0.15) is 0 Å². The summed E-state index contributed by atoms with van der Waals surface area (Å²) in [5.41, 5.74) is 8.94. The number of benzene rings is 2. The maximum absolute atomic E-state index is 13.0. The molecule has 0 spiro atoms. The number of carbonyl (C=O) groups excluding carboxylic acids is 1. The minimum Gasteiger partial charge on any atom is -0.493 e. The Labute approximate surface area is 174 Å². The van der Waals surface area contributed by atoms with Crippen LogP contribution in [0.4, 0.5) is 0 Å². The van der Waals surface area contributed by atoms with Crippen molar-refractivity contribution in [1.29, 1.82) is 0 Å². The topological polar surface area (TPSA) is 75.8 Å². The van der Waals surface area contributed by atoms with Crippen molar-refractivity contribution in [3.8, 4) is 5.75 Å². The lowest BCUT2D eigenvalue weighted by Gasteiger charge is -2.27. The lowest BCUT2D eigenvalue weighted by Crippen LogP contribution is -2.39. The number of aliphatic hydroxyl groups is 1. The van der Waals surface area contributed by atoms with Crippen LogP contribution in [0.5, 0.6) is 5.75 Å². The van der Waals surface area contributed by atoms with Crippen LogP contribution < -0.4 is 10.5 Å². The van der Waals surface area contributed by atoms with E-state index < -0.39 is 0 Å². The van der Waals surface area contributed by atoms with Crippen molar-refractivity contribution in [1.82, 2.24) is 4.90 Å². The van der Waals surface area contributed by atoms with E-state index in [9.17, 15) is 9.90 Å². The fraction of sp³-hybridized carbons (Fsp3) is 0.458. The summed E-state index contributed by atoms with van der Waals surface area (Å²) in [6.45, 7) is 8.18. The Morgan fingerprint density at radius 2 is 1.69 bits per heavy atom. The van der Waals surface area contributed by atoms with Crippen molar-refractivity contribution in [2.45, 2.75) is 33.7 Å². The number of amides is 1. The Hall–Kier alpha value is -2.37. The molecule has 1 amide bonds. The molecule has 0 saturated heterocycles. The first-order valence-electron chi connectivity index (χ1n) is 10.3. The highest BCUT2D eigenvalue weighted by Crippen LogP contribution is 2.16. The molecule has 2 aromatic rings. The van der Waals surface area contributed by atoms with Crippen molar-refractivity contribution in [3.63, 3.8) is 0 Å². The zero-order valence-corrected chi connectivity index (χ0v) is 17.8. The predicted octanol–water partition coefficient (Wildman–Crippen LogP) is 3.17. The lowest BCUT2D eigenvalue weighted by molar-refractivity contribution is -0.131. The van der Waals surface area contributed by atoms with E-state index in [0.29, 0.717) is 38.6 Å². The zero-order chi connectivity index (χ0) is 21.2. The van der Waals surface area contributed by atoms with Crippen LogP contribution in [0.2, 0.25) is 0 Å². The molecule has 5 nitrogen and oxygen atoms in total. The Morgan fingerprint density at radius 3 is 2.24 bits per heavy atom. The van der Waals surface area contributed by atoms with Crippen LogP contribution in [-0.2, 0) is 17.8 Å². The molecule has 3 N–H and O–H groups in total. The van der Waals surface area contributed by atoms with E-state index >= 15 is 0 Å². The molecule has 0 fully saturated rings. The molecule has 0 radical (unpaired) electrons. The molecule has 0 bridgehead atoms. The highest BCUT2D eigenvalue weighted by molar-refractivity contribution is 5.78. The number of hydrogen-bond donors (Lipinski definition) is 2. The van der Waals surface area contributed by atoms with Crippen LogP contribution in [0.25, 0.3) is 0 Å². The van der Waals surface area contributed by atoms with Gasteiger partial charge in [-0.25, -0.2) is 0 Å². The number of aryl methyl sites for hydroxylation is 1. The molecule has 29 heavy (non-hydrogen) atoms. The summed E-state index contributed by atoms with van der Waals surface area (Å²) < 4.78 is 5.71. The first-order chi connectivity index (χ1) is 13.9. The molecule has 0 aliphatic heterocycles. The monoisotopic (exact) mass is 398 g/mol. The third kappa shape index (κ3) is 7.87. The first kappa shape index (κ1) is 22.9. The third-order valence-electron chi connectivity index (χ3n) is 4.78. The van der Waals surface area contributed by atoms with Gasteiger partial charge in [0.25, 0.3) is 0 Å². The lowest BCUT2D eigenvalue weighted by atomic mass is 10.1. The van der Waals surface area contributed by atoms with Gasteiger partial charge in [0.15, 0.2) is 0 Å². The number of rotatable bonds is 11. The standard InChI is InChI=1S/C24H34N2O3/c1-18(2)17-29-23-10-8-20(9-11-23)12-24(28)26(15-22(13-25)16-27)14-21-6-4-19(3)5-7-21/h4-11,18,22,27H,12-17,25H2,1-3H3. The summed E-state index contributed by atoms with van der Waals surface area (Å²) in [4.78, 5) is 14.8. The van der Waals surface area contributed by atoms with Crippen LogP contribution in [-0.4, -0.2) is 42.2 Å². The van der Waals surface area contributed by atoms with Gasteiger partial charge in [0.1, 0.15) is 5.75 Å². The number of nitrogens with two attached hydrogens (primary N) is 1. The molecule has 0 aromatic heterocycles. The highest BCUT2D eigenvalue weighted by atomic mass is 16.5. The van der Waals surface area contributed by atoms with Gasteiger partial charge in [-0.1, -0.05) is 55.8 Å². The van der Waals surface area contributed by atoms with E-state index in [1.807, 2.05) is 55.5 Å². The minimum absolute atomic E-state index is 0.0216. The molecule has 2 rings (SSSR count). The normalized spacial score (nSPS) is 12.1. The van der Waals surface area contributed by atoms with Crippen LogP contribution >= 0.6 is 0 Å². The number of nitrogens with zero attached hydrogens (tertiary/aromatic N) is 1. The summed E-state index contributed by atoms with van der Waals surface area (Å²) in [6, 6.07) is 15.8. The van der Waals surface area contributed by atoms with Gasteiger partial charge in [0.05, 0.1) is 13.0 Å². The molecular formula is C24H34N2O3. The van der Waals surface area contributed by atoms with Gasteiger partial charge in [-0.3, -0.25) is 4.79 Å². The minimum atomic E-state index is -0.129. The van der Waals surface area contributed by atoms with Crippen molar-refractivity contribution < 1.29 is 14.6 Å². The number of carbonyl (C=O) groups is 1. The van der Waals surface area contributed by atoms with Crippen LogP contribution in [0.3, 0.4) is 0 Å². The van der Waals surface area contributed by atoms with Crippen LogP contribution in [0.15, 0.2) is 48.5 Å². The average molecular weight is 399 g/mol. The summed E-state index contributed by atoms with van der Waals surface area (Å²) in [6.07, 6.45) is 0.305. The predicted molar refractivity (Wildman–Crippen MR) is 117 cm³/mol. The van der Waals surface area contributed by atoms with Crippen LogP contribution in [0.1, 0.15) is 30.5 Å². The number of aliphatic hydroxyl groups excluding tert-OH is 1. The Balaban J connectivity index is 2.06. The molecule has 1 unspecified atom stereocenters. The summed E-state index contributed by atoms with van der Waals surface area (Å²) in [5.74, 6) is 1.17. The van der Waals surface area contributed by atoms with Crippen molar-refractivity contribution in [2.75, 3.05) is 26.3 Å². The maximum Gasteiger partial charge on any atom is 0.227 e. The Morgan fingerprint density at radius 1 is 1.07 bits per heavy atom. The fourth-order valence-electron chi connectivity index (χ4n) is 2.94. The van der Waals surface area contributed by atoms with Gasteiger partial charge in [0.2, 0.25) is 5.91 Å². The van der Waals surface area contributed by atoms with Gasteiger partial charge >= 0.3 is 0 Å². The molecule has 2 aromatic carbocycles. The van der Waals surface area contributed by atoms with Crippen molar-refractivity contribution in [3.05, 3.63) is 65.2 Å². The van der Waals surface area contributed by atoms with E-state index in [4.69, 9.17) is 10.5 Å². The molecule has 0 aliphatic rings. The number of ether oxygens (including phenoxy) is 1. The Kier molecular flexibility index (Phi) is 9.16. The average Bonchev–Trinajstić information content (AvgIpc) is 2.72. The van der Waals surface area contributed by atoms with Crippen molar-refractivity contribution in [2.24, 2.45) is 17.6 Å². The summed E-state index contributed by atoms with van der Waals surface area (Å²) >= 11 is 0. The third-order valence-corrected chi connectivity index (χ3v) is 4.78. The van der Waals surface area contributed by atoms with Crippen LogP contribution in [0, 0.1) is 18.8 Å². The van der Waals surface area contributed by atoms with E-state index in [-0.39, 0.29) is 18.4 Å². The fourth-order valence-corrected chi connectivity index (χ4v) is 2.94. The zero-order valence-electron chi connectivity index (χ0n) is 17.8. The molecule has 0 aliphatic carbocycles. The molecule has 0 heterocycles. The van der Waals surface area contributed by atoms with Gasteiger partial charge < -0.3 is 20.5 Å². The van der Waals surface area contributed by atoms with Gasteiger partial charge in [-0.15, -0.1) is 0 Å². The number of hydrogen-bond acceptors (Lipinski definition) is 4. The van der Waals surface area contributed by atoms with E-state index in [1.165, 1.54) is 5.56 Å². The van der Waals surface area contributed by atoms with Crippen molar-refractivity contribution >= 4 is 5.91 Å².